The molecule has 2 aromatic rings. The van der Waals surface area contributed by atoms with Crippen molar-refractivity contribution in [1.29, 1.82) is 0 Å². The second-order valence-electron chi connectivity index (χ2n) is 6.80. The fourth-order valence-corrected chi connectivity index (χ4v) is 3.62. The highest BCUT2D eigenvalue weighted by molar-refractivity contribution is 6.23. The molecule has 0 fully saturated rings. The molecule has 8 nitrogen and oxygen atoms in total. The lowest BCUT2D eigenvalue weighted by molar-refractivity contribution is -0.136. The third kappa shape index (κ3) is 3.46. The van der Waals surface area contributed by atoms with Gasteiger partial charge < -0.3 is 23.7 Å². The molecule has 2 aliphatic heterocycles. The van der Waals surface area contributed by atoms with Gasteiger partial charge in [-0.2, -0.15) is 0 Å². The van der Waals surface area contributed by atoms with Gasteiger partial charge in [-0.1, -0.05) is 6.07 Å². The van der Waals surface area contributed by atoms with E-state index in [0.717, 1.165) is 0 Å². The number of amides is 1. The Hall–Kier alpha value is -3.94. The van der Waals surface area contributed by atoms with Gasteiger partial charge in [0.25, 0.3) is 5.91 Å². The molecule has 0 N–H and O–H groups in total. The van der Waals surface area contributed by atoms with E-state index in [1.54, 1.807) is 49.4 Å². The summed E-state index contributed by atoms with van der Waals surface area (Å²) in [5.74, 6) is 1.25. The smallest absolute Gasteiger partial charge is 0.340 e. The van der Waals surface area contributed by atoms with Crippen molar-refractivity contribution in [2.75, 3.05) is 33.0 Å². The Kier molecular flexibility index (Phi) is 5.29. The highest BCUT2D eigenvalue weighted by atomic mass is 16.7. The summed E-state index contributed by atoms with van der Waals surface area (Å²) in [4.78, 5) is 27.4. The highest BCUT2D eigenvalue weighted by Gasteiger charge is 2.38. The minimum atomic E-state index is -0.596. The first-order chi connectivity index (χ1) is 15.0. The van der Waals surface area contributed by atoms with Crippen LogP contribution in [-0.4, -0.2) is 40.0 Å². The molecule has 0 bridgehead atoms. The van der Waals surface area contributed by atoms with Crippen LogP contribution in [-0.2, 0) is 14.3 Å². The third-order valence-corrected chi connectivity index (χ3v) is 5.12. The van der Waals surface area contributed by atoms with Crippen molar-refractivity contribution in [2.24, 2.45) is 0 Å². The van der Waals surface area contributed by atoms with Crippen LogP contribution in [0.25, 0.3) is 6.08 Å². The first-order valence-electron chi connectivity index (χ1n) is 9.46. The molecule has 0 radical (unpaired) electrons. The zero-order valence-electron chi connectivity index (χ0n) is 17.6. The van der Waals surface area contributed by atoms with Crippen LogP contribution in [0.5, 0.6) is 23.0 Å². The first-order valence-corrected chi connectivity index (χ1v) is 9.46. The predicted molar refractivity (Wildman–Crippen MR) is 112 cm³/mol. The van der Waals surface area contributed by atoms with Crippen LogP contribution >= 0.6 is 0 Å². The molecule has 0 saturated heterocycles. The number of fused-ring (bicyclic) bond motifs is 1. The topological polar surface area (TPSA) is 83.5 Å². The Morgan fingerprint density at radius 3 is 2.45 bits per heavy atom. The summed E-state index contributed by atoms with van der Waals surface area (Å²) in [5.41, 5.74) is 2.10. The number of anilines is 1. The molecule has 2 heterocycles. The van der Waals surface area contributed by atoms with Gasteiger partial charge in [0.1, 0.15) is 0 Å². The lowest BCUT2D eigenvalue weighted by Gasteiger charge is -2.19. The van der Waals surface area contributed by atoms with Crippen molar-refractivity contribution in [3.05, 3.63) is 58.8 Å². The standard InChI is InChI=1S/C23H21NO7/c1-13-21(23(26)29-4)16(9-14-5-7-18-20(10-14)31-12-30-18)22(25)24(13)15-6-8-17(27-2)19(11-15)28-3/h5-11H,12H2,1-4H3/b16-9-. The van der Waals surface area contributed by atoms with Gasteiger partial charge in [0.05, 0.1) is 38.2 Å². The summed E-state index contributed by atoms with van der Waals surface area (Å²) in [6.07, 6.45) is 1.64. The van der Waals surface area contributed by atoms with Crippen molar-refractivity contribution in [2.45, 2.75) is 6.92 Å². The lowest BCUT2D eigenvalue weighted by Crippen LogP contribution is -2.24. The molecular formula is C23H21NO7. The molecule has 0 unspecified atom stereocenters. The molecule has 8 heteroatoms. The first kappa shape index (κ1) is 20.3. The highest BCUT2D eigenvalue weighted by Crippen LogP contribution is 2.40. The van der Waals surface area contributed by atoms with E-state index in [9.17, 15) is 9.59 Å². The van der Waals surface area contributed by atoms with E-state index in [0.29, 0.717) is 39.9 Å². The molecule has 2 aromatic carbocycles. The van der Waals surface area contributed by atoms with E-state index in [-0.39, 0.29) is 23.8 Å². The number of carbonyl (C=O) groups excluding carboxylic acids is 2. The quantitative estimate of drug-likeness (QED) is 0.539. The number of esters is 1. The summed E-state index contributed by atoms with van der Waals surface area (Å²) >= 11 is 0. The van der Waals surface area contributed by atoms with Crippen molar-refractivity contribution in [3.8, 4) is 23.0 Å². The second-order valence-corrected chi connectivity index (χ2v) is 6.80. The fourth-order valence-electron chi connectivity index (χ4n) is 3.62. The van der Waals surface area contributed by atoms with Gasteiger partial charge in [-0.25, -0.2) is 4.79 Å². The third-order valence-electron chi connectivity index (χ3n) is 5.12. The van der Waals surface area contributed by atoms with Crippen LogP contribution in [0.4, 0.5) is 5.69 Å². The molecule has 0 spiro atoms. The minimum Gasteiger partial charge on any atom is -0.493 e. The summed E-state index contributed by atoms with van der Waals surface area (Å²) in [5, 5.41) is 0. The van der Waals surface area contributed by atoms with E-state index < -0.39 is 5.97 Å². The number of allylic oxidation sites excluding steroid dienone is 1. The van der Waals surface area contributed by atoms with Crippen molar-refractivity contribution < 1.29 is 33.3 Å². The van der Waals surface area contributed by atoms with Gasteiger partial charge in [-0.3, -0.25) is 9.69 Å². The predicted octanol–water partition coefficient (Wildman–Crippen LogP) is 3.31. The number of methoxy groups -OCH3 is 3. The monoisotopic (exact) mass is 423 g/mol. The molecular weight excluding hydrogens is 402 g/mol. The lowest BCUT2D eigenvalue weighted by atomic mass is 10.0. The summed E-state index contributed by atoms with van der Waals surface area (Å²) in [6, 6.07) is 10.4. The van der Waals surface area contributed by atoms with Crippen LogP contribution in [0.1, 0.15) is 12.5 Å². The van der Waals surface area contributed by atoms with Gasteiger partial charge in [0.15, 0.2) is 23.0 Å². The SMILES string of the molecule is COC(=O)C1=C(C)N(c2ccc(OC)c(OC)c2)C(=O)/C1=C\c1ccc2c(c1)OCO2. The zero-order chi connectivity index (χ0) is 22.1. The van der Waals surface area contributed by atoms with Crippen LogP contribution < -0.4 is 23.8 Å². The van der Waals surface area contributed by atoms with Gasteiger partial charge in [-0.05, 0) is 42.8 Å². The van der Waals surface area contributed by atoms with Crippen LogP contribution in [0.2, 0.25) is 0 Å². The molecule has 0 atom stereocenters. The Labute approximate surface area is 179 Å². The largest absolute Gasteiger partial charge is 0.493 e. The zero-order valence-corrected chi connectivity index (χ0v) is 17.6. The van der Waals surface area contributed by atoms with E-state index in [1.165, 1.54) is 26.2 Å². The minimum absolute atomic E-state index is 0.147. The van der Waals surface area contributed by atoms with Gasteiger partial charge >= 0.3 is 5.97 Å². The van der Waals surface area contributed by atoms with E-state index in [2.05, 4.69) is 0 Å². The van der Waals surface area contributed by atoms with Crippen molar-refractivity contribution in [1.82, 2.24) is 0 Å². The summed E-state index contributed by atoms with van der Waals surface area (Å²) in [7, 11) is 4.33. The van der Waals surface area contributed by atoms with Crippen LogP contribution in [0, 0.1) is 0 Å². The molecule has 1 amide bonds. The fraction of sp³-hybridized carbons (Fsp3) is 0.217. The summed E-state index contributed by atoms with van der Waals surface area (Å²) in [6.45, 7) is 1.84. The molecule has 0 aliphatic carbocycles. The molecule has 0 aromatic heterocycles. The average molecular weight is 423 g/mol. The average Bonchev–Trinajstić information content (AvgIpc) is 3.34. The number of rotatable bonds is 5. The Bertz CT molecular complexity index is 1130. The van der Waals surface area contributed by atoms with Gasteiger partial charge in [-0.15, -0.1) is 0 Å². The number of hydrogen-bond donors (Lipinski definition) is 0. The molecule has 4 rings (SSSR count). The number of nitrogens with zero attached hydrogens (tertiary/aromatic N) is 1. The van der Waals surface area contributed by atoms with Gasteiger partial charge in [0.2, 0.25) is 6.79 Å². The molecule has 31 heavy (non-hydrogen) atoms. The molecule has 160 valence electrons. The number of ether oxygens (including phenoxy) is 5. The molecule has 0 saturated carbocycles. The van der Waals surface area contributed by atoms with Gasteiger partial charge in [0, 0.05) is 11.8 Å². The van der Waals surface area contributed by atoms with E-state index >= 15 is 0 Å². The van der Waals surface area contributed by atoms with Crippen molar-refractivity contribution in [3.63, 3.8) is 0 Å². The molecule has 2 aliphatic rings. The Balaban J connectivity index is 1.80. The Morgan fingerprint density at radius 1 is 1.00 bits per heavy atom. The van der Waals surface area contributed by atoms with Crippen LogP contribution in [0.15, 0.2) is 53.2 Å². The second kappa shape index (κ2) is 8.06. The summed E-state index contributed by atoms with van der Waals surface area (Å²) < 4.78 is 26.3. The maximum Gasteiger partial charge on any atom is 0.340 e. The van der Waals surface area contributed by atoms with Crippen molar-refractivity contribution >= 4 is 23.6 Å². The number of hydrogen-bond acceptors (Lipinski definition) is 7. The number of benzene rings is 2. The van der Waals surface area contributed by atoms with E-state index in [1.807, 2.05) is 0 Å². The maximum absolute atomic E-state index is 13.4. The normalized spacial score (nSPS) is 16.2. The van der Waals surface area contributed by atoms with E-state index in [4.69, 9.17) is 23.7 Å². The maximum atomic E-state index is 13.4. The van der Waals surface area contributed by atoms with Crippen LogP contribution in [0.3, 0.4) is 0 Å². The Morgan fingerprint density at radius 2 is 1.74 bits per heavy atom. The number of carbonyl (C=O) groups is 2.